The number of rotatable bonds is 2. The topological polar surface area (TPSA) is 103 Å². The molecule has 6 nitrogen and oxygen atoms in total. The van der Waals surface area contributed by atoms with Crippen molar-refractivity contribution in [3.8, 4) is 0 Å². The number of halogens is 4. The van der Waals surface area contributed by atoms with Crippen molar-refractivity contribution in [3.63, 3.8) is 0 Å². The van der Waals surface area contributed by atoms with E-state index in [0.29, 0.717) is 0 Å². The molecule has 21 heavy (non-hydrogen) atoms. The molecule has 4 N–H and O–H groups in total. The van der Waals surface area contributed by atoms with Crippen LogP contribution in [0.4, 0.5) is 0 Å². The van der Waals surface area contributed by atoms with E-state index in [9.17, 15) is 9.59 Å². The molecular weight excluding hydrogens is 453 g/mol. The Kier molecular flexibility index (Phi) is 9.03. The number of carboxylic acid groups (broad SMARTS) is 2. The summed E-state index contributed by atoms with van der Waals surface area (Å²) >= 11 is 23.6. The predicted octanol–water partition coefficient (Wildman–Crippen LogP) is 3.13. The largest absolute Gasteiger partial charge is 0.477 e. The normalized spacial score (nSPS) is 9.33. The van der Waals surface area contributed by atoms with Crippen LogP contribution in [0.2, 0.25) is 20.4 Å². The van der Waals surface area contributed by atoms with Crippen molar-refractivity contribution < 1.29 is 45.0 Å². The summed E-state index contributed by atoms with van der Waals surface area (Å²) in [5, 5.41) is 17.3. The van der Waals surface area contributed by atoms with Crippen molar-refractivity contribution in [2.45, 2.75) is 0 Å². The fourth-order valence-corrected chi connectivity index (χ4v) is 3.12. The van der Waals surface area contributed by atoms with Crippen molar-refractivity contribution in [2.24, 2.45) is 0 Å². The van der Waals surface area contributed by atoms with Crippen LogP contribution in [-0.4, -0.2) is 22.2 Å². The van der Waals surface area contributed by atoms with Crippen LogP contribution in [0.3, 0.4) is 0 Å². The van der Waals surface area contributed by atoms with Gasteiger partial charge in [0.2, 0.25) is 9.75 Å². The number of aromatic nitrogens is 2. The van der Waals surface area contributed by atoms with Crippen molar-refractivity contribution in [3.05, 3.63) is 30.1 Å². The van der Waals surface area contributed by atoms with Gasteiger partial charge in [0.15, 0.2) is 10.0 Å². The molecule has 0 amide bonds. The van der Waals surface area contributed by atoms with E-state index in [2.05, 4.69) is 8.75 Å². The summed E-state index contributed by atoms with van der Waals surface area (Å²) < 4.78 is 5.03. The van der Waals surface area contributed by atoms with Crippen LogP contribution >= 0.6 is 69.5 Å². The van der Waals surface area contributed by atoms with Gasteiger partial charge >= 0.3 is 22.2 Å². The van der Waals surface area contributed by atoms with Crippen LogP contribution in [0.25, 0.3) is 0 Å². The second-order valence-electron chi connectivity index (χ2n) is 2.93. The van der Waals surface area contributed by atoms with Gasteiger partial charge in [0, 0.05) is 16.5 Å². The SMILES string of the molecule is O=C(O)c1s[nH+]c(Cl)c1Cl.O=C(O)c1s[nH+]c(Cl)c1Cl.[Ni]. The number of H-pyrrole nitrogens is 2. The molecular formula is C8H4Cl4N2NiO4S2+2. The van der Waals surface area contributed by atoms with Crippen LogP contribution in [0, 0.1) is 0 Å². The first-order chi connectivity index (χ1) is 9.25. The summed E-state index contributed by atoms with van der Waals surface area (Å²) in [6.07, 6.45) is 0. The molecule has 0 saturated carbocycles. The molecule has 0 spiro atoms. The zero-order valence-corrected chi connectivity index (χ0v) is 15.0. The fraction of sp³-hybridized carbons (Fsp3) is 0. The van der Waals surface area contributed by atoms with Gasteiger partial charge in [0.05, 0.1) is 0 Å². The molecule has 0 aliphatic rings. The molecule has 118 valence electrons. The van der Waals surface area contributed by atoms with Gasteiger partial charge in [-0.3, -0.25) is 0 Å². The third kappa shape index (κ3) is 5.52. The maximum atomic E-state index is 10.3. The van der Waals surface area contributed by atoms with Gasteiger partial charge in [-0.15, -0.1) is 8.75 Å². The Morgan fingerprint density at radius 1 is 0.810 bits per heavy atom. The average Bonchev–Trinajstić information content (AvgIpc) is 2.86. The zero-order valence-electron chi connectivity index (χ0n) is 9.36. The number of aromatic amines is 2. The van der Waals surface area contributed by atoms with Gasteiger partial charge < -0.3 is 10.2 Å². The van der Waals surface area contributed by atoms with Crippen molar-refractivity contribution in [1.82, 2.24) is 0 Å². The molecule has 0 atom stereocenters. The van der Waals surface area contributed by atoms with Crippen molar-refractivity contribution >= 4 is 81.4 Å². The smallest absolute Gasteiger partial charge is 0.353 e. The third-order valence-corrected chi connectivity index (χ3v) is 5.40. The van der Waals surface area contributed by atoms with E-state index < -0.39 is 11.9 Å². The van der Waals surface area contributed by atoms with Gasteiger partial charge in [0.25, 0.3) is 0 Å². The molecule has 0 unspecified atom stereocenters. The average molecular weight is 457 g/mol. The van der Waals surface area contributed by atoms with E-state index in [0.717, 1.165) is 23.1 Å². The number of aromatic carboxylic acids is 2. The van der Waals surface area contributed by atoms with Gasteiger partial charge in [-0.2, -0.15) is 0 Å². The number of hydrogen-bond donors (Lipinski definition) is 2. The van der Waals surface area contributed by atoms with Crippen molar-refractivity contribution in [2.75, 3.05) is 0 Å². The molecule has 0 aromatic carbocycles. The number of nitrogens with one attached hydrogen (secondary N) is 2. The maximum absolute atomic E-state index is 10.3. The van der Waals surface area contributed by atoms with E-state index in [1.165, 1.54) is 0 Å². The van der Waals surface area contributed by atoms with Crippen LogP contribution in [0.5, 0.6) is 0 Å². The Hall–Kier alpha value is -0.146. The van der Waals surface area contributed by atoms with Crippen LogP contribution < -0.4 is 8.75 Å². The summed E-state index contributed by atoms with van der Waals surface area (Å²) in [5.74, 6) is -2.14. The molecule has 0 aliphatic carbocycles. The monoisotopic (exact) mass is 454 g/mol. The maximum Gasteiger partial charge on any atom is 0.353 e. The van der Waals surface area contributed by atoms with Gasteiger partial charge in [-0.25, -0.2) is 9.59 Å². The summed E-state index contributed by atoms with van der Waals surface area (Å²) in [5.41, 5.74) is 0. The van der Waals surface area contributed by atoms with Crippen LogP contribution in [0.15, 0.2) is 0 Å². The Balaban J connectivity index is 0.000000364. The first kappa shape index (κ1) is 20.9. The first-order valence-corrected chi connectivity index (χ1v) is 7.57. The van der Waals surface area contributed by atoms with E-state index in [4.69, 9.17) is 56.6 Å². The number of hydrogen-bond acceptors (Lipinski definition) is 4. The summed E-state index contributed by atoms with van der Waals surface area (Å²) in [7, 11) is 0. The number of carboxylic acids is 2. The molecule has 2 rings (SSSR count). The van der Waals surface area contributed by atoms with Crippen molar-refractivity contribution in [1.29, 1.82) is 0 Å². The van der Waals surface area contributed by atoms with Gasteiger partial charge in [0.1, 0.15) is 23.1 Å². The molecule has 0 bridgehead atoms. The summed E-state index contributed by atoms with van der Waals surface area (Å²) in [6.45, 7) is 0. The molecule has 0 aliphatic heterocycles. The Bertz CT molecular complexity index is 606. The predicted molar refractivity (Wildman–Crippen MR) is 75.7 cm³/mol. The molecule has 0 radical (unpaired) electrons. The van der Waals surface area contributed by atoms with E-state index in [-0.39, 0.29) is 46.6 Å². The molecule has 0 fully saturated rings. The summed E-state index contributed by atoms with van der Waals surface area (Å²) in [6, 6.07) is 0. The zero-order chi connectivity index (χ0) is 15.4. The minimum atomic E-state index is -1.07. The molecule has 2 aromatic heterocycles. The Morgan fingerprint density at radius 2 is 1.10 bits per heavy atom. The minimum Gasteiger partial charge on any atom is -0.477 e. The van der Waals surface area contributed by atoms with Gasteiger partial charge in [-0.1, -0.05) is 23.2 Å². The Morgan fingerprint density at radius 3 is 1.19 bits per heavy atom. The van der Waals surface area contributed by atoms with Crippen LogP contribution in [-0.2, 0) is 16.5 Å². The molecule has 0 saturated heterocycles. The second kappa shape index (κ2) is 9.10. The first-order valence-electron chi connectivity index (χ1n) is 4.43. The van der Waals surface area contributed by atoms with E-state index >= 15 is 0 Å². The van der Waals surface area contributed by atoms with E-state index in [1.54, 1.807) is 0 Å². The standard InChI is InChI=1S/2C4HCl2NO2S.Ni/c2*5-1-2(4(8)9)10-7-3(1)6;/h2*(H,8,9);/p+2. The molecule has 13 heteroatoms. The molecule has 2 aromatic rings. The molecule has 2 heterocycles. The fourth-order valence-electron chi connectivity index (χ4n) is 0.845. The number of carbonyl (C=O) groups is 2. The summed E-state index contributed by atoms with van der Waals surface area (Å²) in [4.78, 5) is 20.6. The van der Waals surface area contributed by atoms with Crippen LogP contribution in [0.1, 0.15) is 19.3 Å². The quantitative estimate of drug-likeness (QED) is 0.678. The minimum absolute atomic E-state index is 0. The Labute approximate surface area is 155 Å². The van der Waals surface area contributed by atoms with Gasteiger partial charge in [-0.05, 0) is 23.2 Å². The van der Waals surface area contributed by atoms with E-state index in [1.807, 2.05) is 0 Å². The third-order valence-electron chi connectivity index (χ3n) is 1.66. The second-order valence-corrected chi connectivity index (χ2v) is 6.08.